The number of rotatable bonds is 3. The van der Waals surface area contributed by atoms with Crippen molar-refractivity contribution in [3.63, 3.8) is 0 Å². The fraction of sp³-hybridized carbons (Fsp3) is 0.667. The van der Waals surface area contributed by atoms with Gasteiger partial charge in [-0.05, 0) is 25.7 Å². The number of aryl methyl sites for hydroxylation is 1. The Morgan fingerprint density at radius 1 is 1.65 bits per heavy atom. The van der Waals surface area contributed by atoms with E-state index in [0.717, 1.165) is 25.9 Å². The molecular weight excluding hydrogens is 218 g/mol. The van der Waals surface area contributed by atoms with E-state index in [1.165, 1.54) is 0 Å². The predicted molar refractivity (Wildman–Crippen MR) is 63.6 cm³/mol. The Balaban J connectivity index is 2.03. The van der Waals surface area contributed by atoms with Crippen LogP contribution in [0.3, 0.4) is 0 Å². The molecule has 0 saturated carbocycles. The normalized spacial score (nSPS) is 20.6. The van der Waals surface area contributed by atoms with Crippen molar-refractivity contribution in [2.24, 2.45) is 5.92 Å². The lowest BCUT2D eigenvalue weighted by atomic mass is 9.98. The molecule has 1 aromatic rings. The van der Waals surface area contributed by atoms with E-state index in [2.05, 4.69) is 5.10 Å². The van der Waals surface area contributed by atoms with Gasteiger partial charge < -0.3 is 10.0 Å². The van der Waals surface area contributed by atoms with Gasteiger partial charge in [0.25, 0.3) is 5.91 Å². The minimum atomic E-state index is 0.0304. The van der Waals surface area contributed by atoms with Crippen LogP contribution in [-0.4, -0.2) is 45.4 Å². The number of hydrogen-bond acceptors (Lipinski definition) is 3. The molecule has 1 aliphatic rings. The van der Waals surface area contributed by atoms with E-state index in [1.807, 2.05) is 11.8 Å². The van der Waals surface area contributed by atoms with Gasteiger partial charge in [0.05, 0.1) is 11.8 Å². The average Bonchev–Trinajstić information content (AvgIpc) is 2.86. The Morgan fingerprint density at radius 2 is 2.47 bits per heavy atom. The number of nitrogens with zero attached hydrogens (tertiary/aromatic N) is 3. The fourth-order valence-electron chi connectivity index (χ4n) is 2.23. The van der Waals surface area contributed by atoms with E-state index in [-0.39, 0.29) is 18.4 Å². The van der Waals surface area contributed by atoms with Crippen LogP contribution in [0, 0.1) is 5.92 Å². The topological polar surface area (TPSA) is 58.4 Å². The Bertz CT molecular complexity index is 389. The van der Waals surface area contributed by atoms with Crippen LogP contribution in [0.2, 0.25) is 0 Å². The third-order valence-corrected chi connectivity index (χ3v) is 3.27. The second kappa shape index (κ2) is 5.31. The summed E-state index contributed by atoms with van der Waals surface area (Å²) in [7, 11) is 0. The molecule has 5 heteroatoms. The Kier molecular flexibility index (Phi) is 3.78. The van der Waals surface area contributed by atoms with Crippen LogP contribution in [0.1, 0.15) is 30.1 Å². The highest BCUT2D eigenvalue weighted by atomic mass is 16.3. The molecule has 0 spiro atoms. The van der Waals surface area contributed by atoms with Crippen LogP contribution in [0.15, 0.2) is 12.4 Å². The van der Waals surface area contributed by atoms with Crippen LogP contribution in [0.5, 0.6) is 0 Å². The molecule has 5 nitrogen and oxygen atoms in total. The van der Waals surface area contributed by atoms with E-state index in [4.69, 9.17) is 5.11 Å². The van der Waals surface area contributed by atoms with Crippen molar-refractivity contribution in [3.8, 4) is 0 Å². The van der Waals surface area contributed by atoms with Gasteiger partial charge in [-0.1, -0.05) is 0 Å². The Morgan fingerprint density at radius 3 is 3.12 bits per heavy atom. The molecule has 0 radical (unpaired) electrons. The van der Waals surface area contributed by atoms with Crippen LogP contribution in [0.25, 0.3) is 0 Å². The van der Waals surface area contributed by atoms with E-state index in [0.29, 0.717) is 12.1 Å². The molecule has 17 heavy (non-hydrogen) atoms. The Labute approximate surface area is 101 Å². The standard InChI is InChI=1S/C12H19N3O2/c1-2-15-8-11(6-13-15)12(17)14-5-3-4-10(7-14)9-16/h6,8,10,16H,2-5,7,9H2,1H3. The van der Waals surface area contributed by atoms with Gasteiger partial charge in [-0.25, -0.2) is 0 Å². The summed E-state index contributed by atoms with van der Waals surface area (Å²) < 4.78 is 1.75. The number of carbonyl (C=O) groups excluding carboxylic acids is 1. The van der Waals surface area contributed by atoms with Crippen molar-refractivity contribution >= 4 is 5.91 Å². The van der Waals surface area contributed by atoms with Crippen molar-refractivity contribution < 1.29 is 9.90 Å². The molecular formula is C12H19N3O2. The summed E-state index contributed by atoms with van der Waals surface area (Å²) >= 11 is 0. The molecule has 0 aromatic carbocycles. The van der Waals surface area contributed by atoms with Gasteiger partial charge in [0.2, 0.25) is 0 Å². The molecule has 1 N–H and O–H groups in total. The van der Waals surface area contributed by atoms with E-state index < -0.39 is 0 Å². The molecule has 1 atom stereocenters. The summed E-state index contributed by atoms with van der Waals surface area (Å²) in [5.41, 5.74) is 0.644. The first-order chi connectivity index (χ1) is 8.24. The molecule has 0 aliphatic carbocycles. The first kappa shape index (κ1) is 12.1. The maximum Gasteiger partial charge on any atom is 0.257 e. The summed E-state index contributed by atoms with van der Waals surface area (Å²) in [6.07, 6.45) is 5.38. The first-order valence-electron chi connectivity index (χ1n) is 6.17. The van der Waals surface area contributed by atoms with Crippen LogP contribution >= 0.6 is 0 Å². The molecule has 1 fully saturated rings. The smallest absolute Gasteiger partial charge is 0.257 e. The highest BCUT2D eigenvalue weighted by Crippen LogP contribution is 2.17. The summed E-state index contributed by atoms with van der Waals surface area (Å²) in [4.78, 5) is 14.0. The average molecular weight is 237 g/mol. The largest absolute Gasteiger partial charge is 0.396 e. The summed E-state index contributed by atoms with van der Waals surface area (Å²) in [6, 6.07) is 0. The summed E-state index contributed by atoms with van der Waals surface area (Å²) in [6.45, 7) is 4.37. The fourth-order valence-corrected chi connectivity index (χ4v) is 2.23. The number of carbonyl (C=O) groups is 1. The van der Waals surface area contributed by atoms with Crippen LogP contribution in [-0.2, 0) is 6.54 Å². The maximum atomic E-state index is 12.2. The maximum absolute atomic E-state index is 12.2. The van der Waals surface area contributed by atoms with Gasteiger partial charge >= 0.3 is 0 Å². The number of likely N-dealkylation sites (tertiary alicyclic amines) is 1. The lowest BCUT2D eigenvalue weighted by molar-refractivity contribution is 0.0620. The van der Waals surface area contributed by atoms with Crippen molar-refractivity contribution in [2.75, 3.05) is 19.7 Å². The van der Waals surface area contributed by atoms with Crippen molar-refractivity contribution in [1.29, 1.82) is 0 Å². The number of hydrogen-bond donors (Lipinski definition) is 1. The van der Waals surface area contributed by atoms with Gasteiger partial charge in [-0.15, -0.1) is 0 Å². The zero-order valence-electron chi connectivity index (χ0n) is 10.2. The molecule has 1 unspecified atom stereocenters. The molecule has 2 heterocycles. The SMILES string of the molecule is CCn1cc(C(=O)N2CCCC(CO)C2)cn1. The van der Waals surface area contributed by atoms with Crippen LogP contribution < -0.4 is 0 Å². The molecule has 0 bridgehead atoms. The summed E-state index contributed by atoms with van der Waals surface area (Å²) in [5.74, 6) is 0.261. The lowest BCUT2D eigenvalue weighted by Crippen LogP contribution is -2.40. The number of aliphatic hydroxyl groups excluding tert-OH is 1. The first-order valence-corrected chi connectivity index (χ1v) is 6.17. The molecule has 1 saturated heterocycles. The van der Waals surface area contributed by atoms with Gasteiger partial charge in [0.1, 0.15) is 0 Å². The van der Waals surface area contributed by atoms with Gasteiger partial charge in [0.15, 0.2) is 0 Å². The third kappa shape index (κ3) is 2.66. The quantitative estimate of drug-likeness (QED) is 0.844. The molecule has 94 valence electrons. The van der Waals surface area contributed by atoms with Crippen molar-refractivity contribution in [3.05, 3.63) is 18.0 Å². The minimum absolute atomic E-state index is 0.0304. The van der Waals surface area contributed by atoms with Crippen LogP contribution in [0.4, 0.5) is 0 Å². The third-order valence-electron chi connectivity index (χ3n) is 3.27. The van der Waals surface area contributed by atoms with E-state index >= 15 is 0 Å². The zero-order valence-corrected chi connectivity index (χ0v) is 10.2. The highest BCUT2D eigenvalue weighted by Gasteiger charge is 2.24. The van der Waals surface area contributed by atoms with Crippen molar-refractivity contribution in [2.45, 2.75) is 26.3 Å². The zero-order chi connectivity index (χ0) is 12.3. The minimum Gasteiger partial charge on any atom is -0.396 e. The van der Waals surface area contributed by atoms with Gasteiger partial charge in [0, 0.05) is 32.4 Å². The lowest BCUT2D eigenvalue weighted by Gasteiger charge is -2.31. The van der Waals surface area contributed by atoms with E-state index in [9.17, 15) is 4.79 Å². The van der Waals surface area contributed by atoms with Crippen molar-refractivity contribution in [1.82, 2.24) is 14.7 Å². The summed E-state index contributed by atoms with van der Waals surface area (Å²) in [5, 5.41) is 13.3. The second-order valence-electron chi connectivity index (χ2n) is 4.53. The number of amides is 1. The highest BCUT2D eigenvalue weighted by molar-refractivity contribution is 5.93. The molecule has 2 rings (SSSR count). The molecule has 1 amide bonds. The monoisotopic (exact) mass is 237 g/mol. The predicted octanol–water partition coefficient (Wildman–Crippen LogP) is 0.748. The Hall–Kier alpha value is -1.36. The van der Waals surface area contributed by atoms with Gasteiger partial charge in [-0.2, -0.15) is 5.10 Å². The second-order valence-corrected chi connectivity index (χ2v) is 4.53. The number of aliphatic hydroxyl groups is 1. The molecule has 1 aliphatic heterocycles. The molecule has 1 aromatic heterocycles. The van der Waals surface area contributed by atoms with E-state index in [1.54, 1.807) is 17.1 Å². The van der Waals surface area contributed by atoms with Gasteiger partial charge in [-0.3, -0.25) is 9.48 Å². The number of piperidine rings is 1. The number of aromatic nitrogens is 2.